The average molecular weight is 213 g/mol. The summed E-state index contributed by atoms with van der Waals surface area (Å²) in [4.78, 5) is 0. The lowest BCUT2D eigenvalue weighted by Gasteiger charge is -2.00. The number of anilines is 1. The molecule has 76 valence electrons. The Bertz CT molecular complexity index is 422. The first-order valence-corrected chi connectivity index (χ1v) is 5.84. The van der Waals surface area contributed by atoms with E-state index in [2.05, 4.69) is 14.9 Å². The van der Waals surface area contributed by atoms with Gasteiger partial charge in [-0.1, -0.05) is 6.08 Å². The van der Waals surface area contributed by atoms with Crippen LogP contribution in [-0.2, 0) is 10.0 Å². The molecule has 0 fully saturated rings. The molecule has 5 nitrogen and oxygen atoms in total. The number of nitrogens with zero attached hydrogens (tertiary/aromatic N) is 2. The van der Waals surface area contributed by atoms with Crippen molar-refractivity contribution < 1.29 is 8.42 Å². The molecule has 14 heavy (non-hydrogen) atoms. The van der Waals surface area contributed by atoms with Crippen LogP contribution < -0.4 is 4.72 Å². The van der Waals surface area contributed by atoms with Gasteiger partial charge in [0.2, 0.25) is 10.0 Å². The maximum Gasteiger partial charge on any atom is 0.231 e. The van der Waals surface area contributed by atoms with E-state index >= 15 is 0 Å². The largest absolute Gasteiger partial charge is 0.266 e. The summed E-state index contributed by atoms with van der Waals surface area (Å²) >= 11 is 0. The Kier molecular flexibility index (Phi) is 3.19. The second-order valence-corrected chi connectivity index (χ2v) is 4.47. The molecule has 0 bridgehead atoms. The van der Waals surface area contributed by atoms with E-state index in [0.717, 1.165) is 6.26 Å². The highest BCUT2D eigenvalue weighted by Gasteiger charge is 2.02. The molecule has 0 spiro atoms. The molecule has 1 rings (SSSR count). The number of allylic oxidation sites excluding steroid dienone is 1. The van der Waals surface area contributed by atoms with E-state index in [0.29, 0.717) is 5.69 Å². The van der Waals surface area contributed by atoms with Crippen molar-refractivity contribution in [3.63, 3.8) is 0 Å². The minimum atomic E-state index is -3.27. The van der Waals surface area contributed by atoms with Crippen molar-refractivity contribution >= 4 is 21.9 Å². The second kappa shape index (κ2) is 4.19. The lowest BCUT2D eigenvalue weighted by molar-refractivity contribution is 0.606. The topological polar surface area (TPSA) is 72.0 Å². The van der Waals surface area contributed by atoms with Crippen LogP contribution in [0.3, 0.4) is 0 Å². The normalized spacial score (nSPS) is 11.9. The highest BCUT2D eigenvalue weighted by molar-refractivity contribution is 7.92. The first-order chi connectivity index (χ1) is 6.51. The third-order valence-electron chi connectivity index (χ3n) is 1.31. The van der Waals surface area contributed by atoms with Crippen LogP contribution in [0.5, 0.6) is 0 Å². The van der Waals surface area contributed by atoms with Crippen molar-refractivity contribution in [2.75, 3.05) is 11.0 Å². The predicted octanol–water partition coefficient (Wildman–Crippen LogP) is 0.881. The fourth-order valence-electron chi connectivity index (χ4n) is 0.847. The van der Waals surface area contributed by atoms with Gasteiger partial charge in [0, 0.05) is 0 Å². The summed E-state index contributed by atoms with van der Waals surface area (Å²) in [5, 5.41) is 7.48. The molecule has 0 radical (unpaired) electrons. The Labute approximate surface area is 82.9 Å². The van der Waals surface area contributed by atoms with E-state index in [1.165, 1.54) is 0 Å². The van der Waals surface area contributed by atoms with Gasteiger partial charge < -0.3 is 0 Å². The Morgan fingerprint density at radius 1 is 1.36 bits per heavy atom. The standard InChI is InChI=1S/C8H11N3O2S/c1-3-4-7-5-6-8(10-9-7)11-14(2,12)13/h3-6H,1-2H3,(H,10,11). The summed E-state index contributed by atoms with van der Waals surface area (Å²) in [6, 6.07) is 3.24. The molecule has 1 aromatic heterocycles. The highest BCUT2D eigenvalue weighted by atomic mass is 32.2. The molecule has 0 saturated carbocycles. The zero-order valence-electron chi connectivity index (χ0n) is 7.93. The number of rotatable bonds is 3. The molecular formula is C8H11N3O2S. The molecule has 1 aromatic rings. The number of hydrogen-bond donors (Lipinski definition) is 1. The van der Waals surface area contributed by atoms with E-state index in [4.69, 9.17) is 0 Å². The van der Waals surface area contributed by atoms with E-state index < -0.39 is 10.0 Å². The van der Waals surface area contributed by atoms with Gasteiger partial charge in [-0.15, -0.1) is 10.2 Å². The van der Waals surface area contributed by atoms with E-state index in [-0.39, 0.29) is 5.82 Å². The smallest absolute Gasteiger partial charge is 0.231 e. The molecule has 0 saturated heterocycles. The number of nitrogens with one attached hydrogen (secondary N) is 1. The minimum Gasteiger partial charge on any atom is -0.266 e. The molecule has 0 aliphatic rings. The number of sulfonamides is 1. The fourth-order valence-corrected chi connectivity index (χ4v) is 1.34. The van der Waals surface area contributed by atoms with E-state index in [9.17, 15) is 8.42 Å². The molecule has 1 heterocycles. The van der Waals surface area contributed by atoms with Crippen LogP contribution in [0.2, 0.25) is 0 Å². The van der Waals surface area contributed by atoms with Crippen LogP contribution in [0.25, 0.3) is 6.08 Å². The SMILES string of the molecule is CC=Cc1ccc(NS(C)(=O)=O)nn1. The Balaban J connectivity index is 2.84. The van der Waals surface area contributed by atoms with Crippen molar-refractivity contribution in [3.8, 4) is 0 Å². The maximum absolute atomic E-state index is 10.8. The van der Waals surface area contributed by atoms with Crippen molar-refractivity contribution in [3.05, 3.63) is 23.9 Å². The van der Waals surface area contributed by atoms with Crippen LogP contribution in [0.15, 0.2) is 18.2 Å². The van der Waals surface area contributed by atoms with Crippen molar-refractivity contribution in [2.45, 2.75) is 6.92 Å². The molecule has 0 atom stereocenters. The van der Waals surface area contributed by atoms with Gasteiger partial charge in [-0.25, -0.2) is 8.42 Å². The van der Waals surface area contributed by atoms with Crippen molar-refractivity contribution in [1.29, 1.82) is 0 Å². The molecular weight excluding hydrogens is 202 g/mol. The third-order valence-corrected chi connectivity index (χ3v) is 1.89. The zero-order chi connectivity index (χ0) is 10.6. The van der Waals surface area contributed by atoms with Gasteiger partial charge in [-0.3, -0.25) is 4.72 Å². The molecule has 0 amide bonds. The van der Waals surface area contributed by atoms with Crippen LogP contribution >= 0.6 is 0 Å². The Morgan fingerprint density at radius 2 is 2.07 bits per heavy atom. The quantitative estimate of drug-likeness (QED) is 0.809. The minimum absolute atomic E-state index is 0.223. The lowest BCUT2D eigenvalue weighted by Crippen LogP contribution is -2.11. The summed E-state index contributed by atoms with van der Waals surface area (Å²) in [7, 11) is -3.27. The van der Waals surface area contributed by atoms with Crippen molar-refractivity contribution in [2.24, 2.45) is 0 Å². The maximum atomic E-state index is 10.8. The van der Waals surface area contributed by atoms with Crippen LogP contribution in [0.4, 0.5) is 5.82 Å². The van der Waals surface area contributed by atoms with Gasteiger partial charge in [0.15, 0.2) is 5.82 Å². The second-order valence-electron chi connectivity index (χ2n) is 2.72. The van der Waals surface area contributed by atoms with Gasteiger partial charge in [-0.05, 0) is 25.1 Å². The lowest BCUT2D eigenvalue weighted by atomic mass is 10.3. The molecule has 6 heteroatoms. The number of hydrogen-bond acceptors (Lipinski definition) is 4. The first kappa shape index (κ1) is 10.6. The van der Waals surface area contributed by atoms with Gasteiger partial charge >= 0.3 is 0 Å². The van der Waals surface area contributed by atoms with Gasteiger partial charge in [-0.2, -0.15) is 0 Å². The molecule has 1 N–H and O–H groups in total. The fraction of sp³-hybridized carbons (Fsp3) is 0.250. The average Bonchev–Trinajstić information content (AvgIpc) is 2.06. The van der Waals surface area contributed by atoms with Crippen LogP contribution in [0, 0.1) is 0 Å². The zero-order valence-corrected chi connectivity index (χ0v) is 8.75. The summed E-state index contributed by atoms with van der Waals surface area (Å²) in [6.45, 7) is 1.87. The van der Waals surface area contributed by atoms with Crippen molar-refractivity contribution in [1.82, 2.24) is 10.2 Å². The molecule has 0 aliphatic carbocycles. The van der Waals surface area contributed by atoms with Gasteiger partial charge in [0.1, 0.15) is 0 Å². The van der Waals surface area contributed by atoms with Gasteiger partial charge in [0.05, 0.1) is 11.9 Å². The Hall–Kier alpha value is -1.43. The summed E-state index contributed by atoms with van der Waals surface area (Å²) in [5.41, 5.74) is 0.687. The molecule has 0 unspecified atom stereocenters. The summed E-state index contributed by atoms with van der Waals surface area (Å²) < 4.78 is 23.9. The predicted molar refractivity (Wildman–Crippen MR) is 55.2 cm³/mol. The van der Waals surface area contributed by atoms with E-state index in [1.807, 2.05) is 13.0 Å². The van der Waals surface area contributed by atoms with Crippen LogP contribution in [0.1, 0.15) is 12.6 Å². The third kappa shape index (κ3) is 3.53. The summed E-state index contributed by atoms with van der Waals surface area (Å²) in [5.74, 6) is 0.223. The highest BCUT2D eigenvalue weighted by Crippen LogP contribution is 2.04. The van der Waals surface area contributed by atoms with Gasteiger partial charge in [0.25, 0.3) is 0 Å². The number of aromatic nitrogens is 2. The van der Waals surface area contributed by atoms with Crippen LogP contribution in [-0.4, -0.2) is 24.9 Å². The first-order valence-electron chi connectivity index (χ1n) is 3.95. The monoisotopic (exact) mass is 213 g/mol. The summed E-state index contributed by atoms with van der Waals surface area (Å²) in [6.07, 6.45) is 4.67. The Morgan fingerprint density at radius 3 is 2.50 bits per heavy atom. The van der Waals surface area contributed by atoms with E-state index in [1.54, 1.807) is 18.2 Å². The molecule has 0 aliphatic heterocycles. The molecule has 0 aromatic carbocycles.